The van der Waals surface area contributed by atoms with Crippen molar-refractivity contribution in [3.63, 3.8) is 0 Å². The van der Waals surface area contributed by atoms with Gasteiger partial charge in [-0.1, -0.05) is 0 Å². The van der Waals surface area contributed by atoms with E-state index in [0.717, 1.165) is 17.1 Å². The van der Waals surface area contributed by atoms with E-state index in [1.54, 1.807) is 19.5 Å². The Balaban J connectivity index is 2.54. The third-order valence-electron chi connectivity index (χ3n) is 3.22. The Bertz CT molecular complexity index is 543. The second-order valence-electron chi connectivity index (χ2n) is 4.74. The van der Waals surface area contributed by atoms with E-state index in [0.29, 0.717) is 0 Å². The summed E-state index contributed by atoms with van der Waals surface area (Å²) < 4.78 is 9.28. The topological polar surface area (TPSA) is 56.9 Å². The van der Waals surface area contributed by atoms with Gasteiger partial charge in [0.05, 0.1) is 25.0 Å². The Labute approximate surface area is 113 Å². The zero-order chi connectivity index (χ0) is 14.0. The van der Waals surface area contributed by atoms with Gasteiger partial charge in [-0.3, -0.25) is 9.36 Å². The predicted octanol–water partition coefficient (Wildman–Crippen LogP) is 1.51. The fourth-order valence-corrected chi connectivity index (χ4v) is 2.29. The van der Waals surface area contributed by atoms with Gasteiger partial charge in [-0.25, -0.2) is 0 Å². The molecule has 0 aliphatic carbocycles. The van der Waals surface area contributed by atoms with Crippen LogP contribution in [0.5, 0.6) is 5.75 Å². The van der Waals surface area contributed by atoms with Crippen molar-refractivity contribution in [2.24, 2.45) is 7.05 Å². The molecule has 0 bridgehead atoms. The summed E-state index contributed by atoms with van der Waals surface area (Å²) in [6.07, 6.45) is 3.55. The normalized spacial score (nSPS) is 12.9. The first-order valence-electron chi connectivity index (χ1n) is 6.36. The molecule has 104 valence electrons. The van der Waals surface area contributed by atoms with E-state index in [9.17, 15) is 0 Å². The second-order valence-corrected chi connectivity index (χ2v) is 4.74. The summed E-state index contributed by atoms with van der Waals surface area (Å²) in [6, 6.07) is 2.26. The molecule has 1 N–H and O–H groups in total. The van der Waals surface area contributed by atoms with Crippen LogP contribution in [0.1, 0.15) is 37.3 Å². The van der Waals surface area contributed by atoms with Crippen molar-refractivity contribution < 1.29 is 4.74 Å². The molecule has 0 aliphatic heterocycles. The maximum Gasteiger partial charge on any atom is 0.162 e. The van der Waals surface area contributed by atoms with Crippen LogP contribution in [0.3, 0.4) is 0 Å². The molecular formula is C13H21N5O. The average Bonchev–Trinajstić information content (AvgIpc) is 2.98. The number of hydrogen-bond acceptors (Lipinski definition) is 4. The molecule has 2 rings (SSSR count). The minimum atomic E-state index is -0.00708. The van der Waals surface area contributed by atoms with Crippen LogP contribution in [0.4, 0.5) is 0 Å². The van der Waals surface area contributed by atoms with Crippen molar-refractivity contribution in [2.75, 3.05) is 14.2 Å². The van der Waals surface area contributed by atoms with Crippen molar-refractivity contribution in [1.29, 1.82) is 0 Å². The van der Waals surface area contributed by atoms with Gasteiger partial charge < -0.3 is 10.1 Å². The molecule has 0 saturated heterocycles. The maximum atomic E-state index is 5.44. The fourth-order valence-electron chi connectivity index (χ4n) is 2.29. The van der Waals surface area contributed by atoms with Gasteiger partial charge in [0.15, 0.2) is 5.75 Å². The van der Waals surface area contributed by atoms with Crippen LogP contribution in [0.2, 0.25) is 0 Å². The monoisotopic (exact) mass is 263 g/mol. The fraction of sp³-hybridized carbons (Fsp3) is 0.538. The molecule has 0 spiro atoms. The minimum Gasteiger partial charge on any atom is -0.493 e. The van der Waals surface area contributed by atoms with Gasteiger partial charge in [0.2, 0.25) is 0 Å². The maximum absolute atomic E-state index is 5.44. The molecule has 0 fully saturated rings. The molecule has 6 heteroatoms. The Morgan fingerprint density at radius 3 is 2.53 bits per heavy atom. The quantitative estimate of drug-likeness (QED) is 0.888. The van der Waals surface area contributed by atoms with Gasteiger partial charge in [-0.2, -0.15) is 10.2 Å². The second kappa shape index (κ2) is 5.44. The number of aryl methyl sites for hydroxylation is 1. The lowest BCUT2D eigenvalue weighted by molar-refractivity contribution is 0.393. The van der Waals surface area contributed by atoms with Crippen molar-refractivity contribution in [3.05, 3.63) is 29.8 Å². The van der Waals surface area contributed by atoms with Gasteiger partial charge in [-0.05, 0) is 27.0 Å². The molecular weight excluding hydrogens is 242 g/mol. The highest BCUT2D eigenvalue weighted by molar-refractivity contribution is 5.34. The van der Waals surface area contributed by atoms with E-state index in [-0.39, 0.29) is 12.1 Å². The lowest BCUT2D eigenvalue weighted by atomic mass is 10.1. The minimum absolute atomic E-state index is 0.00708. The summed E-state index contributed by atoms with van der Waals surface area (Å²) in [7, 11) is 5.53. The summed E-state index contributed by atoms with van der Waals surface area (Å²) in [5.74, 6) is 0.786. The summed E-state index contributed by atoms with van der Waals surface area (Å²) in [5, 5.41) is 12.0. The highest BCUT2D eigenvalue weighted by Crippen LogP contribution is 2.31. The Kier molecular flexibility index (Phi) is 3.90. The summed E-state index contributed by atoms with van der Waals surface area (Å²) in [6.45, 7) is 4.21. The van der Waals surface area contributed by atoms with Crippen LogP contribution < -0.4 is 10.1 Å². The molecule has 0 radical (unpaired) electrons. The molecule has 19 heavy (non-hydrogen) atoms. The first kappa shape index (κ1) is 13.6. The zero-order valence-corrected chi connectivity index (χ0v) is 12.1. The number of nitrogens with zero attached hydrogens (tertiary/aromatic N) is 4. The molecule has 0 aromatic carbocycles. The van der Waals surface area contributed by atoms with Crippen LogP contribution >= 0.6 is 0 Å². The van der Waals surface area contributed by atoms with Crippen molar-refractivity contribution in [1.82, 2.24) is 24.9 Å². The predicted molar refractivity (Wildman–Crippen MR) is 73.3 cm³/mol. The highest BCUT2D eigenvalue weighted by Gasteiger charge is 2.25. The number of hydrogen-bond donors (Lipinski definition) is 1. The molecule has 2 aromatic rings. The molecule has 0 amide bonds. The lowest BCUT2D eigenvalue weighted by Gasteiger charge is -2.21. The van der Waals surface area contributed by atoms with Crippen LogP contribution in [-0.4, -0.2) is 33.7 Å². The van der Waals surface area contributed by atoms with Crippen LogP contribution in [0.25, 0.3) is 0 Å². The number of methoxy groups -OCH3 is 1. The zero-order valence-electron chi connectivity index (χ0n) is 12.1. The van der Waals surface area contributed by atoms with Gasteiger partial charge in [-0.15, -0.1) is 0 Å². The third-order valence-corrected chi connectivity index (χ3v) is 3.22. The Hall–Kier alpha value is -1.82. The van der Waals surface area contributed by atoms with E-state index >= 15 is 0 Å². The first-order chi connectivity index (χ1) is 9.10. The van der Waals surface area contributed by atoms with Crippen LogP contribution in [0.15, 0.2) is 18.5 Å². The van der Waals surface area contributed by atoms with Crippen LogP contribution in [0, 0.1) is 0 Å². The molecule has 1 unspecified atom stereocenters. The van der Waals surface area contributed by atoms with Crippen molar-refractivity contribution in [2.45, 2.75) is 25.9 Å². The molecule has 2 heterocycles. The highest BCUT2D eigenvalue weighted by atomic mass is 16.5. The Morgan fingerprint density at radius 2 is 2.05 bits per heavy atom. The molecule has 2 aromatic heterocycles. The summed E-state index contributed by atoms with van der Waals surface area (Å²) in [4.78, 5) is 0. The molecule has 1 atom stereocenters. The number of rotatable bonds is 5. The lowest BCUT2D eigenvalue weighted by Crippen LogP contribution is -2.25. The number of nitrogens with one attached hydrogen (secondary N) is 1. The van der Waals surface area contributed by atoms with E-state index in [2.05, 4.69) is 29.4 Å². The van der Waals surface area contributed by atoms with E-state index in [1.807, 2.05) is 29.5 Å². The summed E-state index contributed by atoms with van der Waals surface area (Å²) >= 11 is 0. The smallest absolute Gasteiger partial charge is 0.162 e. The van der Waals surface area contributed by atoms with Crippen molar-refractivity contribution >= 4 is 0 Å². The van der Waals surface area contributed by atoms with Crippen LogP contribution in [-0.2, 0) is 7.05 Å². The number of aromatic nitrogens is 4. The SMILES string of the molecule is CNC(c1ccnn1C)c1c(OC)cnn1C(C)C. The van der Waals surface area contributed by atoms with E-state index < -0.39 is 0 Å². The Morgan fingerprint density at radius 1 is 1.32 bits per heavy atom. The largest absolute Gasteiger partial charge is 0.493 e. The first-order valence-corrected chi connectivity index (χ1v) is 6.36. The standard InChI is InChI=1S/C13H21N5O/c1-9(2)18-13(11(19-5)8-16-18)12(14-3)10-6-7-15-17(10)4/h6-9,12,14H,1-5H3. The van der Waals surface area contributed by atoms with Gasteiger partial charge in [0.25, 0.3) is 0 Å². The average molecular weight is 263 g/mol. The molecule has 0 saturated carbocycles. The van der Waals surface area contributed by atoms with Gasteiger partial charge >= 0.3 is 0 Å². The van der Waals surface area contributed by atoms with Gasteiger partial charge in [0, 0.05) is 19.3 Å². The number of ether oxygens (including phenoxy) is 1. The summed E-state index contributed by atoms with van der Waals surface area (Å²) in [5.41, 5.74) is 2.09. The van der Waals surface area contributed by atoms with Gasteiger partial charge in [0.1, 0.15) is 5.69 Å². The molecule has 0 aliphatic rings. The molecule has 6 nitrogen and oxygen atoms in total. The van der Waals surface area contributed by atoms with E-state index in [1.165, 1.54) is 0 Å². The van der Waals surface area contributed by atoms with Crippen molar-refractivity contribution in [3.8, 4) is 5.75 Å². The third kappa shape index (κ3) is 2.35. The van der Waals surface area contributed by atoms with E-state index in [4.69, 9.17) is 4.74 Å².